The zero-order valence-corrected chi connectivity index (χ0v) is 22.3. The van der Waals surface area contributed by atoms with Crippen LogP contribution in [0.4, 0.5) is 5.69 Å². The maximum Gasteiger partial charge on any atom is 0.256 e. The fourth-order valence-corrected chi connectivity index (χ4v) is 6.14. The summed E-state index contributed by atoms with van der Waals surface area (Å²) in [5, 5.41) is 4.13. The Balaban J connectivity index is 0.00000304. The molecule has 0 aromatic heterocycles. The average Bonchev–Trinajstić information content (AvgIpc) is 3.18. The minimum atomic E-state index is -0.656. The van der Waals surface area contributed by atoms with E-state index in [1.54, 1.807) is 0 Å². The van der Waals surface area contributed by atoms with Gasteiger partial charge in [-0.3, -0.25) is 4.79 Å². The van der Waals surface area contributed by atoms with Crippen molar-refractivity contribution in [3.05, 3.63) is 102 Å². The van der Waals surface area contributed by atoms with Gasteiger partial charge in [-0.25, -0.2) is 10.0 Å². The number of para-hydroxylation sites is 1. The molecule has 3 aromatic carbocycles. The third-order valence-electron chi connectivity index (χ3n) is 8.09. The molecule has 5 rings (SSSR count). The summed E-state index contributed by atoms with van der Waals surface area (Å²) >= 11 is 0. The number of hydrogen-bond acceptors (Lipinski definition) is 3. The van der Waals surface area contributed by atoms with Crippen molar-refractivity contribution in [2.75, 3.05) is 37.7 Å². The highest BCUT2D eigenvalue weighted by Gasteiger charge is 2.53. The molecule has 0 aliphatic carbocycles. The Bertz CT molecular complexity index is 1130. The van der Waals surface area contributed by atoms with Crippen molar-refractivity contribution < 1.29 is 4.79 Å². The van der Waals surface area contributed by atoms with Crippen LogP contribution in [0.3, 0.4) is 0 Å². The lowest BCUT2D eigenvalue weighted by atomic mass is 9.72. The highest BCUT2D eigenvalue weighted by atomic mass is 35.5. The van der Waals surface area contributed by atoms with E-state index in [-0.39, 0.29) is 18.3 Å². The molecule has 190 valence electrons. The summed E-state index contributed by atoms with van der Waals surface area (Å²) in [7, 11) is 0. The Morgan fingerprint density at radius 1 is 0.833 bits per heavy atom. The van der Waals surface area contributed by atoms with Crippen molar-refractivity contribution in [1.82, 2.24) is 9.91 Å². The van der Waals surface area contributed by atoms with Gasteiger partial charge in [0.15, 0.2) is 0 Å². The second-order valence-corrected chi connectivity index (χ2v) is 9.82. The molecular weight excluding hydrogens is 466 g/mol. The van der Waals surface area contributed by atoms with E-state index in [9.17, 15) is 4.79 Å². The topological polar surface area (TPSA) is 26.8 Å². The average molecular weight is 504 g/mol. The number of benzene rings is 3. The van der Waals surface area contributed by atoms with Crippen LogP contribution in [0.5, 0.6) is 0 Å². The first-order chi connectivity index (χ1) is 17.2. The monoisotopic (exact) mass is 503 g/mol. The van der Waals surface area contributed by atoms with Crippen molar-refractivity contribution >= 4 is 24.0 Å². The lowest BCUT2D eigenvalue weighted by molar-refractivity contribution is -0.125. The van der Waals surface area contributed by atoms with E-state index < -0.39 is 5.41 Å². The van der Waals surface area contributed by atoms with Crippen LogP contribution in [0.25, 0.3) is 0 Å². The van der Waals surface area contributed by atoms with Crippen molar-refractivity contribution in [2.45, 2.75) is 44.4 Å². The maximum atomic E-state index is 14.4. The van der Waals surface area contributed by atoms with Crippen LogP contribution in [-0.4, -0.2) is 48.5 Å². The number of nitrogens with zero attached hydrogens (tertiary/aromatic N) is 3. The zero-order chi connectivity index (χ0) is 24.3. The molecule has 2 heterocycles. The Labute approximate surface area is 222 Å². The highest BCUT2D eigenvalue weighted by molar-refractivity contribution is 6.09. The van der Waals surface area contributed by atoms with Crippen molar-refractivity contribution in [1.29, 1.82) is 0 Å². The molecule has 36 heavy (non-hydrogen) atoms. The van der Waals surface area contributed by atoms with Gasteiger partial charge in [-0.1, -0.05) is 92.7 Å². The minimum absolute atomic E-state index is 0. The number of anilines is 1. The molecule has 1 atom stereocenters. The van der Waals surface area contributed by atoms with Crippen LogP contribution in [0, 0.1) is 0 Å². The molecule has 3 aromatic rings. The van der Waals surface area contributed by atoms with E-state index in [0.29, 0.717) is 5.92 Å². The van der Waals surface area contributed by atoms with Gasteiger partial charge < -0.3 is 4.90 Å². The van der Waals surface area contributed by atoms with Crippen LogP contribution >= 0.6 is 12.4 Å². The van der Waals surface area contributed by atoms with Gasteiger partial charge >= 0.3 is 0 Å². The number of hydrogen-bond donors (Lipinski definition) is 0. The largest absolute Gasteiger partial charge is 0.303 e. The normalized spacial score (nSPS) is 20.4. The van der Waals surface area contributed by atoms with Crippen molar-refractivity contribution in [3.63, 3.8) is 0 Å². The quantitative estimate of drug-likeness (QED) is 0.362. The summed E-state index contributed by atoms with van der Waals surface area (Å²) < 4.78 is 0. The number of amides is 1. The summed E-state index contributed by atoms with van der Waals surface area (Å²) in [4.78, 5) is 17.0. The number of rotatable bonds is 8. The molecule has 1 saturated heterocycles. The third-order valence-corrected chi connectivity index (χ3v) is 8.09. The molecule has 1 fully saturated rings. The summed E-state index contributed by atoms with van der Waals surface area (Å²) in [5.41, 5.74) is 4.08. The lowest BCUT2D eigenvalue weighted by Gasteiger charge is -2.37. The van der Waals surface area contributed by atoms with Gasteiger partial charge in [0.05, 0.1) is 5.69 Å². The molecule has 1 unspecified atom stereocenters. The second kappa shape index (κ2) is 11.6. The summed E-state index contributed by atoms with van der Waals surface area (Å²) in [6.45, 7) is 8.93. The number of carbonyl (C=O) groups is 1. The highest BCUT2D eigenvalue weighted by Crippen LogP contribution is 2.49. The minimum Gasteiger partial charge on any atom is -0.303 e. The predicted molar refractivity (Wildman–Crippen MR) is 151 cm³/mol. The molecule has 0 bridgehead atoms. The number of carbonyl (C=O) groups excluding carboxylic acids is 1. The molecule has 2 aliphatic rings. The standard InChI is InChI=1S/C31H37N3O.ClH/c1-3-33(4-2)34-29-18-12-11-17-28(29)31(30(34)35,27-15-9-6-10-16-27)21-24-32-22-19-26(20-23-32)25-13-7-5-8-14-25;/h5-18,26H,3-4,19-24H2,1-2H3;1H. The third kappa shape index (κ3) is 4.70. The van der Waals surface area contributed by atoms with Gasteiger partial charge in [-0.05, 0) is 67.6 Å². The molecule has 0 spiro atoms. The maximum absolute atomic E-state index is 14.4. The molecule has 2 aliphatic heterocycles. The molecule has 0 N–H and O–H groups in total. The first-order valence-electron chi connectivity index (χ1n) is 13.2. The predicted octanol–water partition coefficient (Wildman–Crippen LogP) is 6.27. The Morgan fingerprint density at radius 2 is 1.42 bits per heavy atom. The number of hydrazine groups is 1. The summed E-state index contributed by atoms with van der Waals surface area (Å²) in [5.74, 6) is 0.829. The number of likely N-dealkylation sites (tertiary alicyclic amines) is 1. The van der Waals surface area contributed by atoms with Gasteiger partial charge in [0, 0.05) is 13.1 Å². The van der Waals surface area contributed by atoms with E-state index in [4.69, 9.17) is 0 Å². The number of piperidine rings is 1. The first kappa shape index (κ1) is 26.4. The van der Waals surface area contributed by atoms with E-state index in [2.05, 4.69) is 103 Å². The molecule has 4 nitrogen and oxygen atoms in total. The lowest BCUT2D eigenvalue weighted by Crippen LogP contribution is -2.51. The fourth-order valence-electron chi connectivity index (χ4n) is 6.14. The molecule has 5 heteroatoms. The fraction of sp³-hybridized carbons (Fsp3) is 0.387. The van der Waals surface area contributed by atoms with Gasteiger partial charge in [0.1, 0.15) is 5.41 Å². The summed E-state index contributed by atoms with van der Waals surface area (Å²) in [6.07, 6.45) is 3.15. The molecule has 0 saturated carbocycles. The van der Waals surface area contributed by atoms with Crippen LogP contribution < -0.4 is 5.01 Å². The smallest absolute Gasteiger partial charge is 0.256 e. The van der Waals surface area contributed by atoms with E-state index in [0.717, 1.165) is 56.0 Å². The van der Waals surface area contributed by atoms with Crippen LogP contribution in [-0.2, 0) is 10.2 Å². The van der Waals surface area contributed by atoms with Crippen LogP contribution in [0.15, 0.2) is 84.9 Å². The van der Waals surface area contributed by atoms with E-state index in [1.165, 1.54) is 18.4 Å². The second-order valence-electron chi connectivity index (χ2n) is 9.82. The van der Waals surface area contributed by atoms with Crippen molar-refractivity contribution in [3.8, 4) is 0 Å². The van der Waals surface area contributed by atoms with E-state index in [1.807, 2.05) is 11.1 Å². The van der Waals surface area contributed by atoms with Gasteiger partial charge in [0.2, 0.25) is 0 Å². The van der Waals surface area contributed by atoms with E-state index >= 15 is 0 Å². The van der Waals surface area contributed by atoms with Crippen LogP contribution in [0.1, 0.15) is 55.7 Å². The summed E-state index contributed by atoms with van der Waals surface area (Å²) in [6, 6.07) is 29.8. The first-order valence-corrected chi connectivity index (χ1v) is 13.2. The van der Waals surface area contributed by atoms with Gasteiger partial charge in [-0.15, -0.1) is 12.4 Å². The van der Waals surface area contributed by atoms with Gasteiger partial charge in [0.25, 0.3) is 5.91 Å². The van der Waals surface area contributed by atoms with Gasteiger partial charge in [-0.2, -0.15) is 0 Å². The molecule has 1 amide bonds. The molecular formula is C31H38ClN3O. The Hall–Kier alpha value is -2.66. The number of fused-ring (bicyclic) bond motifs is 1. The van der Waals surface area contributed by atoms with Crippen LogP contribution in [0.2, 0.25) is 0 Å². The molecule has 0 radical (unpaired) electrons. The van der Waals surface area contributed by atoms with Crippen molar-refractivity contribution in [2.24, 2.45) is 0 Å². The SMILES string of the molecule is CCN(CC)N1C(=O)C(CCN2CCC(c3ccccc3)CC2)(c2ccccc2)c2ccccc21.Cl. The Morgan fingerprint density at radius 3 is 2.06 bits per heavy atom. The Kier molecular flexibility index (Phi) is 8.50. The number of halogens is 1. The zero-order valence-electron chi connectivity index (χ0n) is 21.5.